The van der Waals surface area contributed by atoms with Gasteiger partial charge in [-0.05, 0) is 59.7 Å². The van der Waals surface area contributed by atoms with Crippen LogP contribution in [0.15, 0.2) is 18.2 Å². The van der Waals surface area contributed by atoms with Crippen LogP contribution in [0.5, 0.6) is 11.5 Å². The monoisotopic (exact) mass is 282 g/mol. The molecule has 1 N–H and O–H groups in total. The fourth-order valence-corrected chi connectivity index (χ4v) is 1.46. The predicted octanol–water partition coefficient (Wildman–Crippen LogP) is 1.75. The summed E-state index contributed by atoms with van der Waals surface area (Å²) in [6, 6.07) is 5.50. The molecule has 114 valence electrons. The number of aliphatic hydroxyl groups is 1. The summed E-state index contributed by atoms with van der Waals surface area (Å²) >= 11 is 0. The number of benzene rings is 1. The molecule has 0 fully saturated rings. The molecule has 2 unspecified atom stereocenters. The molecule has 0 saturated heterocycles. The van der Waals surface area contributed by atoms with Crippen LogP contribution in [-0.2, 0) is 6.61 Å². The molecule has 1 aromatic rings. The molecule has 2 atom stereocenters. The summed E-state index contributed by atoms with van der Waals surface area (Å²) in [6.45, 7) is 3.89. The van der Waals surface area contributed by atoms with Crippen molar-refractivity contribution in [1.82, 2.24) is 9.80 Å². The van der Waals surface area contributed by atoms with Crippen LogP contribution in [0.3, 0.4) is 0 Å². The van der Waals surface area contributed by atoms with Gasteiger partial charge < -0.3 is 14.6 Å². The first-order chi connectivity index (χ1) is 9.33. The van der Waals surface area contributed by atoms with E-state index in [-0.39, 0.29) is 19.1 Å². The molecular weight excluding hydrogens is 256 g/mol. The summed E-state index contributed by atoms with van der Waals surface area (Å²) in [5.41, 5.74) is 0.773. The van der Waals surface area contributed by atoms with Gasteiger partial charge in [-0.1, -0.05) is 0 Å². The Bertz CT molecular complexity index is 387. The molecule has 1 rings (SSSR count). The molecule has 5 heteroatoms. The number of hydrogen-bond donors (Lipinski definition) is 1. The summed E-state index contributed by atoms with van der Waals surface area (Å²) in [5.74, 6) is 1.39. The third kappa shape index (κ3) is 5.00. The average molecular weight is 282 g/mol. The third-order valence-electron chi connectivity index (χ3n) is 3.19. The predicted molar refractivity (Wildman–Crippen MR) is 79.9 cm³/mol. The average Bonchev–Trinajstić information content (AvgIpc) is 2.37. The van der Waals surface area contributed by atoms with E-state index < -0.39 is 0 Å². The molecule has 0 aliphatic rings. The van der Waals surface area contributed by atoms with Crippen molar-refractivity contribution < 1.29 is 14.6 Å². The molecular formula is C15H26N2O3. The van der Waals surface area contributed by atoms with Crippen molar-refractivity contribution in [3.8, 4) is 11.5 Å². The van der Waals surface area contributed by atoms with Crippen molar-refractivity contribution >= 4 is 0 Å². The second-order valence-electron chi connectivity index (χ2n) is 5.33. The van der Waals surface area contributed by atoms with Gasteiger partial charge in [-0.15, -0.1) is 0 Å². The molecule has 0 aromatic heterocycles. The number of nitrogens with zero attached hydrogens (tertiary/aromatic N) is 2. The SMILES string of the molecule is CC(Oc1cc(CO)cc(OC(C)N(C)C)c1)N(C)C. The highest BCUT2D eigenvalue weighted by atomic mass is 16.5. The van der Waals surface area contributed by atoms with Gasteiger partial charge in [-0.2, -0.15) is 0 Å². The topological polar surface area (TPSA) is 45.2 Å². The fraction of sp³-hybridized carbons (Fsp3) is 0.600. The minimum absolute atomic E-state index is 0.0414. The molecule has 5 nitrogen and oxygen atoms in total. The number of ether oxygens (including phenoxy) is 2. The number of rotatable bonds is 7. The van der Waals surface area contributed by atoms with Gasteiger partial charge in [-0.25, -0.2) is 0 Å². The summed E-state index contributed by atoms with van der Waals surface area (Å²) in [6.07, 6.45) is -0.105. The first kappa shape index (κ1) is 16.8. The van der Waals surface area contributed by atoms with Gasteiger partial charge in [0.05, 0.1) is 6.61 Å². The smallest absolute Gasteiger partial charge is 0.149 e. The van der Waals surface area contributed by atoms with Crippen LogP contribution in [-0.4, -0.2) is 55.6 Å². The lowest BCUT2D eigenvalue weighted by atomic mass is 10.2. The molecule has 0 amide bonds. The van der Waals surface area contributed by atoms with Crippen LogP contribution < -0.4 is 9.47 Å². The van der Waals surface area contributed by atoms with E-state index in [0.29, 0.717) is 11.5 Å². The maximum atomic E-state index is 9.34. The first-order valence-electron chi connectivity index (χ1n) is 6.74. The lowest BCUT2D eigenvalue weighted by molar-refractivity contribution is 0.0740. The van der Waals surface area contributed by atoms with Gasteiger partial charge in [0.25, 0.3) is 0 Å². The van der Waals surface area contributed by atoms with Gasteiger partial charge >= 0.3 is 0 Å². The first-order valence-corrected chi connectivity index (χ1v) is 6.74. The van der Waals surface area contributed by atoms with Gasteiger partial charge in [-0.3, -0.25) is 9.80 Å². The number of aliphatic hydroxyl groups excluding tert-OH is 1. The van der Waals surface area contributed by atoms with Crippen molar-refractivity contribution in [1.29, 1.82) is 0 Å². The van der Waals surface area contributed by atoms with Crippen molar-refractivity contribution in [3.63, 3.8) is 0 Å². The van der Waals surface area contributed by atoms with Crippen LogP contribution in [0.25, 0.3) is 0 Å². The van der Waals surface area contributed by atoms with Crippen LogP contribution in [0.4, 0.5) is 0 Å². The van der Waals surface area contributed by atoms with Crippen molar-refractivity contribution in [3.05, 3.63) is 23.8 Å². The second kappa shape index (κ2) is 7.47. The van der Waals surface area contributed by atoms with Crippen molar-refractivity contribution in [2.24, 2.45) is 0 Å². The van der Waals surface area contributed by atoms with E-state index in [1.807, 2.05) is 70.0 Å². The summed E-state index contributed by atoms with van der Waals surface area (Å²) in [7, 11) is 7.80. The van der Waals surface area contributed by atoms with Gasteiger partial charge in [0.15, 0.2) is 0 Å². The Hall–Kier alpha value is -1.30. The Morgan fingerprint density at radius 3 is 1.60 bits per heavy atom. The molecule has 0 heterocycles. The standard InChI is InChI=1S/C15H26N2O3/c1-11(16(3)4)19-14-7-13(10-18)8-15(9-14)20-12(2)17(5)6/h7-9,11-12,18H,10H2,1-6H3. The Kier molecular flexibility index (Phi) is 6.26. The minimum Gasteiger partial charge on any atom is -0.475 e. The zero-order valence-electron chi connectivity index (χ0n) is 13.3. The van der Waals surface area contributed by atoms with E-state index in [4.69, 9.17) is 9.47 Å². The normalized spacial score (nSPS) is 14.4. The van der Waals surface area contributed by atoms with E-state index in [9.17, 15) is 5.11 Å². The molecule has 1 aromatic carbocycles. The second-order valence-corrected chi connectivity index (χ2v) is 5.33. The van der Waals surface area contributed by atoms with Gasteiger partial charge in [0.1, 0.15) is 24.0 Å². The molecule has 0 radical (unpaired) electrons. The lowest BCUT2D eigenvalue weighted by Gasteiger charge is -2.24. The van der Waals surface area contributed by atoms with Gasteiger partial charge in [0, 0.05) is 6.07 Å². The molecule has 0 aliphatic carbocycles. The van der Waals surface area contributed by atoms with Crippen molar-refractivity contribution in [2.75, 3.05) is 28.2 Å². The third-order valence-corrected chi connectivity index (χ3v) is 3.19. The lowest BCUT2D eigenvalue weighted by Crippen LogP contribution is -2.31. The zero-order valence-corrected chi connectivity index (χ0v) is 13.3. The van der Waals surface area contributed by atoms with E-state index in [0.717, 1.165) is 5.56 Å². The number of hydrogen-bond acceptors (Lipinski definition) is 5. The molecule has 20 heavy (non-hydrogen) atoms. The largest absolute Gasteiger partial charge is 0.475 e. The van der Waals surface area contributed by atoms with Crippen LogP contribution >= 0.6 is 0 Å². The molecule has 0 bridgehead atoms. The molecule has 0 aliphatic heterocycles. The van der Waals surface area contributed by atoms with E-state index >= 15 is 0 Å². The maximum Gasteiger partial charge on any atom is 0.149 e. The Morgan fingerprint density at radius 2 is 1.30 bits per heavy atom. The zero-order chi connectivity index (χ0) is 15.3. The minimum atomic E-state index is -0.0527. The van der Waals surface area contributed by atoms with Crippen molar-refractivity contribution in [2.45, 2.75) is 32.9 Å². The molecule has 0 saturated carbocycles. The van der Waals surface area contributed by atoms with E-state index in [1.54, 1.807) is 0 Å². The van der Waals surface area contributed by atoms with Gasteiger partial charge in [0.2, 0.25) is 0 Å². The summed E-state index contributed by atoms with van der Waals surface area (Å²) in [4.78, 5) is 3.93. The maximum absolute atomic E-state index is 9.34. The van der Waals surface area contributed by atoms with E-state index in [1.165, 1.54) is 0 Å². The summed E-state index contributed by atoms with van der Waals surface area (Å²) in [5, 5.41) is 9.34. The fourth-order valence-electron chi connectivity index (χ4n) is 1.46. The Balaban J connectivity index is 2.90. The Morgan fingerprint density at radius 1 is 0.900 bits per heavy atom. The highest BCUT2D eigenvalue weighted by molar-refractivity contribution is 5.38. The highest BCUT2D eigenvalue weighted by Crippen LogP contribution is 2.25. The van der Waals surface area contributed by atoms with Crippen LogP contribution in [0.2, 0.25) is 0 Å². The Labute approximate surface area is 121 Å². The highest BCUT2D eigenvalue weighted by Gasteiger charge is 2.11. The molecule has 0 spiro atoms. The van der Waals surface area contributed by atoms with Crippen LogP contribution in [0, 0.1) is 0 Å². The quantitative estimate of drug-likeness (QED) is 0.772. The summed E-state index contributed by atoms with van der Waals surface area (Å²) < 4.78 is 11.6. The van der Waals surface area contributed by atoms with Crippen LogP contribution in [0.1, 0.15) is 19.4 Å². The van der Waals surface area contributed by atoms with E-state index in [2.05, 4.69) is 0 Å².